The number of hydrogen-bond acceptors (Lipinski definition) is 7. The fourth-order valence-corrected chi connectivity index (χ4v) is 7.44. The van der Waals surface area contributed by atoms with E-state index in [0.717, 1.165) is 58.7 Å². The summed E-state index contributed by atoms with van der Waals surface area (Å²) in [6, 6.07) is 10.9. The second-order valence-electron chi connectivity index (χ2n) is 12.1. The molecule has 2 N–H and O–H groups in total. The highest BCUT2D eigenvalue weighted by Gasteiger charge is 2.51. The van der Waals surface area contributed by atoms with E-state index in [9.17, 15) is 15.2 Å². The van der Waals surface area contributed by atoms with Crippen LogP contribution in [0.4, 0.5) is 5.69 Å². The van der Waals surface area contributed by atoms with E-state index in [-0.39, 0.29) is 23.7 Å². The van der Waals surface area contributed by atoms with Crippen molar-refractivity contribution in [2.24, 2.45) is 29.8 Å². The van der Waals surface area contributed by atoms with Crippen molar-refractivity contribution in [1.29, 1.82) is 5.26 Å². The molecule has 1 aromatic carbocycles. The van der Waals surface area contributed by atoms with Crippen molar-refractivity contribution in [3.05, 3.63) is 82.7 Å². The van der Waals surface area contributed by atoms with Gasteiger partial charge in [-0.2, -0.15) is 5.26 Å². The van der Waals surface area contributed by atoms with Gasteiger partial charge in [0.05, 0.1) is 30.0 Å². The molecular formula is C33H39N7O2. The molecule has 3 atom stereocenters. The normalized spacial score (nSPS) is 24.2. The Morgan fingerprint density at radius 3 is 2.60 bits per heavy atom. The number of nitrogens with zero attached hydrogens (tertiary/aromatic N) is 6. The molecule has 6 rings (SSSR count). The van der Waals surface area contributed by atoms with Crippen LogP contribution in [0.3, 0.4) is 0 Å². The number of amides is 1. The van der Waals surface area contributed by atoms with Crippen molar-refractivity contribution in [2.45, 2.75) is 51.6 Å². The Morgan fingerprint density at radius 2 is 1.98 bits per heavy atom. The number of hydrazine groups is 1. The average molecular weight is 566 g/mol. The molecular weight excluding hydrogens is 526 g/mol. The van der Waals surface area contributed by atoms with Gasteiger partial charge in [0.15, 0.2) is 0 Å². The number of likely N-dealkylation sites (tertiary alicyclic amines) is 1. The summed E-state index contributed by atoms with van der Waals surface area (Å²) < 4.78 is 1.93. The van der Waals surface area contributed by atoms with Gasteiger partial charge in [0.1, 0.15) is 5.60 Å². The van der Waals surface area contributed by atoms with Crippen LogP contribution in [0.1, 0.15) is 50.8 Å². The van der Waals surface area contributed by atoms with E-state index in [1.54, 1.807) is 19.4 Å². The Kier molecular flexibility index (Phi) is 7.60. The number of aryl methyl sites for hydroxylation is 1. The van der Waals surface area contributed by atoms with E-state index in [4.69, 9.17) is 4.99 Å². The van der Waals surface area contributed by atoms with Crippen molar-refractivity contribution in [3.8, 4) is 6.07 Å². The first-order chi connectivity index (χ1) is 20.3. The van der Waals surface area contributed by atoms with Crippen molar-refractivity contribution in [2.75, 3.05) is 24.6 Å². The predicted molar refractivity (Wildman–Crippen MR) is 162 cm³/mol. The molecule has 1 amide bonds. The van der Waals surface area contributed by atoms with Gasteiger partial charge in [-0.1, -0.05) is 23.8 Å². The number of carbonyl (C=O) groups excluding carboxylic acids is 1. The lowest BCUT2D eigenvalue weighted by Gasteiger charge is -2.48. The summed E-state index contributed by atoms with van der Waals surface area (Å²) in [6.45, 7) is 5.79. The number of benzene rings is 1. The zero-order valence-electron chi connectivity index (χ0n) is 24.6. The Balaban J connectivity index is 1.30. The quantitative estimate of drug-likeness (QED) is 0.545. The molecule has 1 aliphatic carbocycles. The second-order valence-corrected chi connectivity index (χ2v) is 12.1. The standard InChI is InChI=1S/C33H39N7O2/c1-22-15-27(33(42,31-20-35-21-38(31)3)26-9-13-39(14-10-26)23(2)41)17-29-30(18-34)25(19-36-32(22)29)16-24-5-7-28(8-6-24)40-12-4-11-37-40/h4-8,12,19-21,26-27,29,37,42H,9-11,13-17H2,1-3H3. The number of aliphatic hydroxyl groups is 1. The zero-order chi connectivity index (χ0) is 29.4. The Labute approximate surface area is 247 Å². The van der Waals surface area contributed by atoms with Crippen LogP contribution < -0.4 is 10.4 Å². The number of nitriles is 1. The van der Waals surface area contributed by atoms with Gasteiger partial charge in [0.25, 0.3) is 0 Å². The molecule has 9 heteroatoms. The fourth-order valence-electron chi connectivity index (χ4n) is 7.44. The van der Waals surface area contributed by atoms with Crippen LogP contribution in [0.2, 0.25) is 0 Å². The molecule has 1 aromatic heterocycles. The summed E-state index contributed by atoms with van der Waals surface area (Å²) in [6.07, 6.45) is 12.9. The SMILES string of the molecule is CC(=O)N1CCC(C(O)(c2cncn2C)C2CC(C)=C3N=CC(Cc4ccc(N5C=CCN5)cc4)=C(C#N)C3C2)CC1. The number of aliphatic imine (C=N–C) groups is 1. The predicted octanol–water partition coefficient (Wildman–Crippen LogP) is 4.15. The highest BCUT2D eigenvalue weighted by Crippen LogP contribution is 2.52. The number of dihydropyridines is 1. The third-order valence-corrected chi connectivity index (χ3v) is 9.67. The van der Waals surface area contributed by atoms with E-state index >= 15 is 0 Å². The van der Waals surface area contributed by atoms with Gasteiger partial charge in [-0.05, 0) is 74.1 Å². The van der Waals surface area contributed by atoms with Crippen LogP contribution in [-0.2, 0) is 23.9 Å². The Morgan fingerprint density at radius 1 is 1.21 bits per heavy atom. The third-order valence-electron chi connectivity index (χ3n) is 9.67. The molecule has 1 saturated heterocycles. The van der Waals surface area contributed by atoms with Crippen LogP contribution >= 0.6 is 0 Å². The highest BCUT2D eigenvalue weighted by molar-refractivity contribution is 5.85. The molecule has 0 radical (unpaired) electrons. The molecule has 0 bridgehead atoms. The van der Waals surface area contributed by atoms with Gasteiger partial charge in [0, 0.05) is 63.2 Å². The van der Waals surface area contributed by atoms with Gasteiger partial charge < -0.3 is 14.6 Å². The maximum Gasteiger partial charge on any atom is 0.219 e. The number of imidazole rings is 1. The number of nitrogens with one attached hydrogen (secondary N) is 1. The van der Waals surface area contributed by atoms with Crippen molar-refractivity contribution < 1.29 is 9.90 Å². The van der Waals surface area contributed by atoms with Crippen LogP contribution in [0.15, 0.2) is 76.5 Å². The molecule has 3 aliphatic heterocycles. The molecule has 218 valence electrons. The highest BCUT2D eigenvalue weighted by atomic mass is 16.3. The number of rotatable bonds is 6. The third kappa shape index (κ3) is 4.99. The Bertz CT molecular complexity index is 1520. The largest absolute Gasteiger partial charge is 0.383 e. The van der Waals surface area contributed by atoms with E-state index in [0.29, 0.717) is 32.4 Å². The molecule has 4 heterocycles. The number of aromatic nitrogens is 2. The zero-order valence-corrected chi connectivity index (χ0v) is 24.6. The minimum absolute atomic E-state index is 0.0256. The van der Waals surface area contributed by atoms with E-state index in [1.165, 1.54) is 0 Å². The summed E-state index contributed by atoms with van der Waals surface area (Å²) in [7, 11) is 1.93. The first-order valence-corrected chi connectivity index (χ1v) is 14.9. The Hall–Kier alpha value is -4.00. The monoisotopic (exact) mass is 565 g/mol. The van der Waals surface area contributed by atoms with Crippen LogP contribution in [0, 0.1) is 29.1 Å². The molecule has 1 fully saturated rings. The number of piperidine rings is 1. The van der Waals surface area contributed by atoms with Crippen molar-refractivity contribution in [3.63, 3.8) is 0 Å². The van der Waals surface area contributed by atoms with Gasteiger partial charge in [-0.15, -0.1) is 0 Å². The number of fused-ring (bicyclic) bond motifs is 1. The topological polar surface area (TPSA) is 110 Å². The van der Waals surface area contributed by atoms with E-state index in [1.807, 2.05) is 33.9 Å². The van der Waals surface area contributed by atoms with E-state index < -0.39 is 5.60 Å². The van der Waals surface area contributed by atoms with E-state index in [2.05, 4.69) is 53.7 Å². The van der Waals surface area contributed by atoms with Gasteiger partial charge >= 0.3 is 0 Å². The van der Waals surface area contributed by atoms with Gasteiger partial charge in [0.2, 0.25) is 5.91 Å². The number of carbonyl (C=O) groups is 1. The molecule has 2 aromatic rings. The van der Waals surface area contributed by atoms with Gasteiger partial charge in [-0.3, -0.25) is 14.8 Å². The van der Waals surface area contributed by atoms with Crippen LogP contribution in [-0.4, -0.2) is 51.3 Å². The van der Waals surface area contributed by atoms with Crippen molar-refractivity contribution >= 4 is 17.8 Å². The second kappa shape index (κ2) is 11.3. The number of allylic oxidation sites excluding steroid dienone is 3. The average Bonchev–Trinajstić information content (AvgIpc) is 3.69. The minimum Gasteiger partial charge on any atom is -0.383 e. The number of anilines is 1. The van der Waals surface area contributed by atoms with Crippen LogP contribution in [0.5, 0.6) is 0 Å². The summed E-state index contributed by atoms with van der Waals surface area (Å²) in [5.74, 6) is -0.227. The summed E-state index contributed by atoms with van der Waals surface area (Å²) in [4.78, 5) is 23.2. The molecule has 9 nitrogen and oxygen atoms in total. The van der Waals surface area contributed by atoms with Crippen LogP contribution in [0.25, 0.3) is 0 Å². The molecule has 3 unspecified atom stereocenters. The smallest absolute Gasteiger partial charge is 0.219 e. The first kappa shape index (κ1) is 28.1. The van der Waals surface area contributed by atoms with Crippen molar-refractivity contribution in [1.82, 2.24) is 19.9 Å². The maximum absolute atomic E-state index is 12.8. The fraction of sp³-hybridized carbons (Fsp3) is 0.455. The minimum atomic E-state index is -1.14. The molecule has 0 spiro atoms. The van der Waals surface area contributed by atoms with Gasteiger partial charge in [-0.25, -0.2) is 10.4 Å². The lowest BCUT2D eigenvalue weighted by atomic mass is 9.62. The lowest BCUT2D eigenvalue weighted by molar-refractivity contribution is -0.136. The number of hydrogen-bond donors (Lipinski definition) is 2. The maximum atomic E-state index is 12.8. The first-order valence-electron chi connectivity index (χ1n) is 14.9. The molecule has 42 heavy (non-hydrogen) atoms. The summed E-state index contributed by atoms with van der Waals surface area (Å²) in [5.41, 5.74) is 8.90. The lowest BCUT2D eigenvalue weighted by Crippen LogP contribution is -2.50. The summed E-state index contributed by atoms with van der Waals surface area (Å²) >= 11 is 0. The summed E-state index contributed by atoms with van der Waals surface area (Å²) in [5, 5.41) is 25.2. The molecule has 4 aliphatic rings. The molecule has 0 saturated carbocycles.